The van der Waals surface area contributed by atoms with Crippen molar-refractivity contribution in [2.24, 2.45) is 5.92 Å². The molecule has 1 rings (SSSR count). The highest BCUT2D eigenvalue weighted by Gasteiger charge is 2.24. The van der Waals surface area contributed by atoms with Crippen molar-refractivity contribution in [2.75, 3.05) is 26.7 Å². The molecule has 0 bridgehead atoms. The van der Waals surface area contributed by atoms with Crippen LogP contribution in [0.1, 0.15) is 26.7 Å². The van der Waals surface area contributed by atoms with Crippen molar-refractivity contribution >= 4 is 11.8 Å². The molecule has 17 heavy (non-hydrogen) atoms. The molecular weight excluding hydrogens is 218 g/mol. The van der Waals surface area contributed by atoms with E-state index in [0.717, 1.165) is 25.9 Å². The molecule has 1 atom stereocenters. The minimum absolute atomic E-state index is 0.0283. The Morgan fingerprint density at radius 2 is 2.18 bits per heavy atom. The first-order valence-corrected chi connectivity index (χ1v) is 6.25. The van der Waals surface area contributed by atoms with Gasteiger partial charge in [0.25, 0.3) is 0 Å². The lowest BCUT2D eigenvalue weighted by Crippen LogP contribution is -2.46. The average molecular weight is 241 g/mol. The highest BCUT2D eigenvalue weighted by molar-refractivity contribution is 5.86. The molecule has 2 N–H and O–H groups in total. The van der Waals surface area contributed by atoms with Crippen LogP contribution < -0.4 is 10.6 Å². The van der Waals surface area contributed by atoms with Gasteiger partial charge in [0, 0.05) is 19.6 Å². The van der Waals surface area contributed by atoms with Crippen molar-refractivity contribution in [2.45, 2.75) is 32.7 Å². The number of rotatable bonds is 4. The number of amides is 2. The molecule has 0 aromatic carbocycles. The first kappa shape index (κ1) is 14.0. The number of likely N-dealkylation sites (N-methyl/N-ethyl adjacent to an activating group) is 1. The third kappa shape index (κ3) is 4.73. The van der Waals surface area contributed by atoms with E-state index in [4.69, 9.17) is 0 Å². The van der Waals surface area contributed by atoms with Gasteiger partial charge in [0.15, 0.2) is 0 Å². The van der Waals surface area contributed by atoms with Crippen LogP contribution in [0.3, 0.4) is 0 Å². The first-order chi connectivity index (χ1) is 8.00. The highest BCUT2D eigenvalue weighted by Crippen LogP contribution is 2.12. The van der Waals surface area contributed by atoms with E-state index >= 15 is 0 Å². The van der Waals surface area contributed by atoms with Crippen molar-refractivity contribution in [3.05, 3.63) is 0 Å². The molecule has 1 fully saturated rings. The lowest BCUT2D eigenvalue weighted by molar-refractivity contribution is -0.138. The van der Waals surface area contributed by atoms with Crippen LogP contribution in [-0.2, 0) is 9.59 Å². The molecule has 0 saturated carbocycles. The van der Waals surface area contributed by atoms with Gasteiger partial charge >= 0.3 is 0 Å². The summed E-state index contributed by atoms with van der Waals surface area (Å²) in [4.78, 5) is 25.1. The molecule has 0 aromatic rings. The normalized spacial score (nSPS) is 20.1. The van der Waals surface area contributed by atoms with E-state index in [9.17, 15) is 9.59 Å². The number of nitrogens with one attached hydrogen (secondary N) is 2. The fourth-order valence-electron chi connectivity index (χ4n) is 2.04. The van der Waals surface area contributed by atoms with Crippen LogP contribution in [-0.4, -0.2) is 49.4 Å². The fraction of sp³-hybridized carbons (Fsp3) is 0.833. The molecule has 0 aromatic heterocycles. The summed E-state index contributed by atoms with van der Waals surface area (Å²) in [6, 6.07) is 0.113. The van der Waals surface area contributed by atoms with Gasteiger partial charge in [-0.15, -0.1) is 0 Å². The van der Waals surface area contributed by atoms with Gasteiger partial charge in [-0.25, -0.2) is 0 Å². The number of hydrogen-bond donors (Lipinski definition) is 2. The molecule has 5 heteroatoms. The summed E-state index contributed by atoms with van der Waals surface area (Å²) in [7, 11) is 1.69. The molecule has 1 aliphatic heterocycles. The predicted molar refractivity (Wildman–Crippen MR) is 66.5 cm³/mol. The van der Waals surface area contributed by atoms with E-state index in [0.29, 0.717) is 0 Å². The topological polar surface area (TPSA) is 61.4 Å². The number of nitrogens with zero attached hydrogens (tertiary/aromatic N) is 1. The standard InChI is InChI=1S/C12H23N3O2/c1-9(2)14-11(16)8-15(3)12(17)10-5-4-6-13-7-10/h9-10,13H,4-8H2,1-3H3,(H,14,16)/t10-/m1/s1. The molecule has 5 nitrogen and oxygen atoms in total. The molecule has 0 unspecified atom stereocenters. The summed E-state index contributed by atoms with van der Waals surface area (Å²) in [6.07, 6.45) is 1.95. The number of carbonyl (C=O) groups is 2. The van der Waals surface area contributed by atoms with E-state index < -0.39 is 0 Å². The Bertz CT molecular complexity index is 273. The van der Waals surface area contributed by atoms with Crippen molar-refractivity contribution < 1.29 is 9.59 Å². The number of hydrogen-bond acceptors (Lipinski definition) is 3. The second-order valence-corrected chi connectivity index (χ2v) is 4.96. The van der Waals surface area contributed by atoms with E-state index in [2.05, 4.69) is 10.6 Å². The second-order valence-electron chi connectivity index (χ2n) is 4.96. The molecule has 0 spiro atoms. The zero-order chi connectivity index (χ0) is 12.8. The molecule has 0 aliphatic carbocycles. The Balaban J connectivity index is 2.37. The van der Waals surface area contributed by atoms with E-state index in [1.54, 1.807) is 7.05 Å². The van der Waals surface area contributed by atoms with Crippen LogP contribution in [0.15, 0.2) is 0 Å². The quantitative estimate of drug-likeness (QED) is 0.726. The van der Waals surface area contributed by atoms with Crippen molar-refractivity contribution in [3.8, 4) is 0 Å². The Labute approximate surface area is 103 Å². The van der Waals surface area contributed by atoms with E-state index in [1.165, 1.54) is 4.90 Å². The summed E-state index contributed by atoms with van der Waals surface area (Å²) < 4.78 is 0. The van der Waals surface area contributed by atoms with Crippen LogP contribution in [0, 0.1) is 5.92 Å². The maximum atomic E-state index is 12.0. The van der Waals surface area contributed by atoms with Gasteiger partial charge in [-0.3, -0.25) is 9.59 Å². The molecule has 1 saturated heterocycles. The largest absolute Gasteiger partial charge is 0.352 e. The van der Waals surface area contributed by atoms with Crippen molar-refractivity contribution in [1.29, 1.82) is 0 Å². The zero-order valence-corrected chi connectivity index (χ0v) is 11.0. The summed E-state index contributed by atoms with van der Waals surface area (Å²) >= 11 is 0. The van der Waals surface area contributed by atoms with Gasteiger partial charge in [0.1, 0.15) is 0 Å². The Kier molecular flexibility index (Phi) is 5.41. The average Bonchev–Trinajstić information content (AvgIpc) is 2.28. The SMILES string of the molecule is CC(C)NC(=O)CN(C)C(=O)[C@@H]1CCCNC1. The first-order valence-electron chi connectivity index (χ1n) is 6.25. The summed E-state index contributed by atoms with van der Waals surface area (Å²) in [6.45, 7) is 5.68. The number of piperidine rings is 1. The third-order valence-corrected chi connectivity index (χ3v) is 2.85. The maximum absolute atomic E-state index is 12.0. The Morgan fingerprint density at radius 3 is 2.71 bits per heavy atom. The van der Waals surface area contributed by atoms with Crippen LogP contribution in [0.2, 0.25) is 0 Å². The molecule has 98 valence electrons. The van der Waals surface area contributed by atoms with Crippen LogP contribution in [0.25, 0.3) is 0 Å². The molecule has 0 radical (unpaired) electrons. The zero-order valence-electron chi connectivity index (χ0n) is 11.0. The summed E-state index contributed by atoms with van der Waals surface area (Å²) in [5, 5.41) is 5.99. The third-order valence-electron chi connectivity index (χ3n) is 2.85. The fourth-order valence-corrected chi connectivity index (χ4v) is 2.04. The summed E-state index contributed by atoms with van der Waals surface area (Å²) in [5.74, 6) is -0.00340. The Hall–Kier alpha value is -1.10. The molecule has 1 aliphatic rings. The van der Waals surface area contributed by atoms with Crippen LogP contribution in [0.5, 0.6) is 0 Å². The monoisotopic (exact) mass is 241 g/mol. The van der Waals surface area contributed by atoms with Crippen molar-refractivity contribution in [3.63, 3.8) is 0 Å². The van der Waals surface area contributed by atoms with Crippen LogP contribution >= 0.6 is 0 Å². The minimum Gasteiger partial charge on any atom is -0.352 e. The number of carbonyl (C=O) groups excluding carboxylic acids is 2. The lowest BCUT2D eigenvalue weighted by atomic mass is 9.98. The van der Waals surface area contributed by atoms with Gasteiger partial charge < -0.3 is 15.5 Å². The summed E-state index contributed by atoms with van der Waals surface area (Å²) in [5.41, 5.74) is 0. The molecule has 2 amide bonds. The van der Waals surface area contributed by atoms with Crippen LogP contribution in [0.4, 0.5) is 0 Å². The van der Waals surface area contributed by atoms with Gasteiger partial charge in [0.05, 0.1) is 12.5 Å². The smallest absolute Gasteiger partial charge is 0.239 e. The van der Waals surface area contributed by atoms with Gasteiger partial charge in [-0.1, -0.05) is 0 Å². The predicted octanol–water partition coefficient (Wildman–Crippen LogP) is -0.0310. The van der Waals surface area contributed by atoms with Crippen molar-refractivity contribution in [1.82, 2.24) is 15.5 Å². The Morgan fingerprint density at radius 1 is 1.47 bits per heavy atom. The van der Waals surface area contributed by atoms with Gasteiger partial charge in [-0.2, -0.15) is 0 Å². The van der Waals surface area contributed by atoms with E-state index in [1.807, 2.05) is 13.8 Å². The lowest BCUT2D eigenvalue weighted by Gasteiger charge is -2.26. The molecule has 1 heterocycles. The maximum Gasteiger partial charge on any atom is 0.239 e. The van der Waals surface area contributed by atoms with E-state index in [-0.39, 0.29) is 30.3 Å². The molecular formula is C12H23N3O2. The minimum atomic E-state index is -0.0976. The van der Waals surface area contributed by atoms with Gasteiger partial charge in [-0.05, 0) is 33.2 Å². The highest BCUT2D eigenvalue weighted by atomic mass is 16.2. The second kappa shape index (κ2) is 6.59. The van der Waals surface area contributed by atoms with Gasteiger partial charge in [0.2, 0.25) is 11.8 Å².